The lowest BCUT2D eigenvalue weighted by molar-refractivity contribution is 0.190. The monoisotopic (exact) mass is 382 g/mol. The Kier molecular flexibility index (Phi) is 6.49. The van der Waals surface area contributed by atoms with Crippen molar-refractivity contribution in [3.05, 3.63) is 35.5 Å². The van der Waals surface area contributed by atoms with E-state index in [0.717, 1.165) is 31.0 Å². The van der Waals surface area contributed by atoms with E-state index in [4.69, 9.17) is 19.0 Å². The van der Waals surface area contributed by atoms with E-state index in [1.54, 1.807) is 14.2 Å². The van der Waals surface area contributed by atoms with Crippen LogP contribution in [0.3, 0.4) is 0 Å². The number of methoxy groups -OCH3 is 2. The Labute approximate surface area is 160 Å². The van der Waals surface area contributed by atoms with Gasteiger partial charge in [-0.1, -0.05) is 11.2 Å². The molecule has 1 fully saturated rings. The number of likely N-dealkylation sites (N-methyl/N-ethyl adjacent to an activating group) is 1. The van der Waals surface area contributed by atoms with Gasteiger partial charge in [-0.3, -0.25) is 4.90 Å². The standard InChI is InChI=1S/C18H26N4O3.ClH/c1-18(2,12-6-7-14(23-4)15(10-12)24-5)17-20-16(21-25-17)13-11-19-8-9-22(13)3;/h6-7,10,13,19H,8-9,11H2,1-5H3;1H. The summed E-state index contributed by atoms with van der Waals surface area (Å²) in [5.41, 5.74) is 0.585. The van der Waals surface area contributed by atoms with Crippen LogP contribution in [0.25, 0.3) is 0 Å². The van der Waals surface area contributed by atoms with Crippen LogP contribution in [0.15, 0.2) is 22.7 Å². The zero-order chi connectivity index (χ0) is 18.0. The number of rotatable bonds is 5. The van der Waals surface area contributed by atoms with Gasteiger partial charge in [-0.2, -0.15) is 4.98 Å². The molecular formula is C18H27ClN4O3. The molecule has 0 amide bonds. The number of nitrogens with one attached hydrogen (secondary N) is 1. The molecule has 1 atom stereocenters. The number of nitrogens with zero attached hydrogens (tertiary/aromatic N) is 3. The summed E-state index contributed by atoms with van der Waals surface area (Å²) in [6.07, 6.45) is 0. The quantitative estimate of drug-likeness (QED) is 0.851. The van der Waals surface area contributed by atoms with Gasteiger partial charge in [-0.05, 0) is 38.6 Å². The SMILES string of the molecule is COc1ccc(C(C)(C)c2nc(C3CNCCN3C)no2)cc1OC.Cl. The second-order valence-electron chi connectivity index (χ2n) is 6.85. The van der Waals surface area contributed by atoms with Crippen LogP contribution in [0.2, 0.25) is 0 Å². The maximum absolute atomic E-state index is 5.63. The molecule has 1 aromatic heterocycles. The third-order valence-corrected chi connectivity index (χ3v) is 4.89. The Morgan fingerprint density at radius 2 is 1.96 bits per heavy atom. The van der Waals surface area contributed by atoms with Crippen LogP contribution in [-0.4, -0.2) is 55.9 Å². The number of hydrogen-bond donors (Lipinski definition) is 1. The molecule has 2 aromatic rings. The number of ether oxygens (including phenoxy) is 2. The molecule has 1 unspecified atom stereocenters. The number of benzene rings is 1. The zero-order valence-corrected chi connectivity index (χ0v) is 16.7. The van der Waals surface area contributed by atoms with Crippen LogP contribution in [0.4, 0.5) is 0 Å². The van der Waals surface area contributed by atoms with Crippen molar-refractivity contribution in [2.24, 2.45) is 0 Å². The normalized spacial score (nSPS) is 18.3. The molecule has 1 saturated heterocycles. The topological polar surface area (TPSA) is 72.7 Å². The highest BCUT2D eigenvalue weighted by molar-refractivity contribution is 5.85. The lowest BCUT2D eigenvalue weighted by atomic mass is 9.84. The second-order valence-corrected chi connectivity index (χ2v) is 6.85. The maximum atomic E-state index is 5.63. The van der Waals surface area contributed by atoms with Crippen molar-refractivity contribution in [2.75, 3.05) is 40.9 Å². The van der Waals surface area contributed by atoms with Crippen molar-refractivity contribution in [2.45, 2.75) is 25.3 Å². The molecule has 0 aliphatic carbocycles. The predicted molar refractivity (Wildman–Crippen MR) is 101 cm³/mol. The number of piperazine rings is 1. The summed E-state index contributed by atoms with van der Waals surface area (Å²) in [7, 11) is 5.34. The fraction of sp³-hybridized carbons (Fsp3) is 0.556. The molecular weight excluding hydrogens is 356 g/mol. The summed E-state index contributed by atoms with van der Waals surface area (Å²) < 4.78 is 16.4. The summed E-state index contributed by atoms with van der Waals surface area (Å²) in [5.74, 6) is 2.69. The van der Waals surface area contributed by atoms with Gasteiger partial charge in [0.15, 0.2) is 17.3 Å². The molecule has 2 heterocycles. The highest BCUT2D eigenvalue weighted by Crippen LogP contribution is 2.36. The molecule has 1 aliphatic rings. The Bertz CT molecular complexity index is 735. The summed E-state index contributed by atoms with van der Waals surface area (Å²) in [5, 5.41) is 7.61. The molecule has 7 nitrogen and oxygen atoms in total. The molecule has 144 valence electrons. The maximum Gasteiger partial charge on any atom is 0.236 e. The van der Waals surface area contributed by atoms with Crippen LogP contribution >= 0.6 is 12.4 Å². The van der Waals surface area contributed by atoms with Crippen molar-refractivity contribution in [3.8, 4) is 11.5 Å². The van der Waals surface area contributed by atoms with E-state index in [1.807, 2.05) is 18.2 Å². The Hall–Kier alpha value is -1.83. The summed E-state index contributed by atoms with van der Waals surface area (Å²) in [6, 6.07) is 5.98. The van der Waals surface area contributed by atoms with Crippen LogP contribution in [0, 0.1) is 0 Å². The highest BCUT2D eigenvalue weighted by Gasteiger charge is 2.33. The van der Waals surface area contributed by atoms with E-state index in [1.165, 1.54) is 0 Å². The fourth-order valence-corrected chi connectivity index (χ4v) is 3.07. The number of aromatic nitrogens is 2. The lowest BCUT2D eigenvalue weighted by Crippen LogP contribution is -2.44. The number of hydrogen-bond acceptors (Lipinski definition) is 7. The molecule has 1 N–H and O–H groups in total. The van der Waals surface area contributed by atoms with Crippen LogP contribution in [0.1, 0.15) is 37.2 Å². The summed E-state index contributed by atoms with van der Waals surface area (Å²) in [4.78, 5) is 6.94. The Balaban J connectivity index is 0.00000243. The zero-order valence-electron chi connectivity index (χ0n) is 15.9. The largest absolute Gasteiger partial charge is 0.493 e. The van der Waals surface area contributed by atoms with Gasteiger partial charge in [-0.15, -0.1) is 12.4 Å². The van der Waals surface area contributed by atoms with E-state index >= 15 is 0 Å². The van der Waals surface area contributed by atoms with E-state index in [2.05, 4.69) is 36.3 Å². The first-order chi connectivity index (χ1) is 12.0. The summed E-state index contributed by atoms with van der Waals surface area (Å²) >= 11 is 0. The van der Waals surface area contributed by atoms with Gasteiger partial charge in [0.2, 0.25) is 5.89 Å². The minimum atomic E-state index is -0.439. The van der Waals surface area contributed by atoms with Gasteiger partial charge in [0, 0.05) is 19.6 Å². The predicted octanol–water partition coefficient (Wildman–Crippen LogP) is 2.41. The Morgan fingerprint density at radius 1 is 1.23 bits per heavy atom. The molecule has 3 rings (SSSR count). The van der Waals surface area contributed by atoms with E-state index in [0.29, 0.717) is 17.4 Å². The highest BCUT2D eigenvalue weighted by atomic mass is 35.5. The fourth-order valence-electron chi connectivity index (χ4n) is 3.07. The van der Waals surface area contributed by atoms with Gasteiger partial charge in [0.25, 0.3) is 0 Å². The van der Waals surface area contributed by atoms with Gasteiger partial charge in [0.05, 0.1) is 25.7 Å². The summed E-state index contributed by atoms with van der Waals surface area (Å²) in [6.45, 7) is 6.90. The smallest absolute Gasteiger partial charge is 0.236 e. The van der Waals surface area contributed by atoms with Gasteiger partial charge in [0.1, 0.15) is 0 Å². The van der Waals surface area contributed by atoms with Crippen LogP contribution in [-0.2, 0) is 5.41 Å². The molecule has 1 aliphatic heterocycles. The van der Waals surface area contributed by atoms with Crippen molar-refractivity contribution < 1.29 is 14.0 Å². The van der Waals surface area contributed by atoms with Crippen molar-refractivity contribution in [3.63, 3.8) is 0 Å². The van der Waals surface area contributed by atoms with E-state index in [9.17, 15) is 0 Å². The van der Waals surface area contributed by atoms with Crippen molar-refractivity contribution >= 4 is 12.4 Å². The van der Waals surface area contributed by atoms with Gasteiger partial charge < -0.3 is 19.3 Å². The average Bonchev–Trinajstić information content (AvgIpc) is 3.12. The van der Waals surface area contributed by atoms with E-state index in [-0.39, 0.29) is 18.4 Å². The minimum absolute atomic E-state index is 0. The lowest BCUT2D eigenvalue weighted by Gasteiger charge is -2.30. The van der Waals surface area contributed by atoms with Crippen molar-refractivity contribution in [1.82, 2.24) is 20.4 Å². The average molecular weight is 383 g/mol. The molecule has 26 heavy (non-hydrogen) atoms. The second kappa shape index (κ2) is 8.24. The van der Waals surface area contributed by atoms with Crippen LogP contribution < -0.4 is 14.8 Å². The van der Waals surface area contributed by atoms with Gasteiger partial charge >= 0.3 is 0 Å². The molecule has 0 spiro atoms. The van der Waals surface area contributed by atoms with Crippen molar-refractivity contribution in [1.29, 1.82) is 0 Å². The molecule has 0 saturated carbocycles. The molecule has 8 heteroatoms. The molecule has 0 bridgehead atoms. The Morgan fingerprint density at radius 3 is 2.62 bits per heavy atom. The minimum Gasteiger partial charge on any atom is -0.493 e. The first-order valence-electron chi connectivity index (χ1n) is 8.45. The van der Waals surface area contributed by atoms with Crippen LogP contribution in [0.5, 0.6) is 11.5 Å². The molecule has 0 radical (unpaired) electrons. The van der Waals surface area contributed by atoms with Gasteiger partial charge in [-0.25, -0.2) is 0 Å². The molecule has 1 aromatic carbocycles. The first kappa shape index (κ1) is 20.5. The number of halogens is 1. The van der Waals surface area contributed by atoms with E-state index < -0.39 is 5.41 Å². The third kappa shape index (κ3) is 3.79. The first-order valence-corrected chi connectivity index (χ1v) is 8.45. The third-order valence-electron chi connectivity index (χ3n) is 4.89.